The number of benzene rings is 1. The Morgan fingerprint density at radius 3 is 2.53 bits per heavy atom. The van der Waals surface area contributed by atoms with E-state index in [9.17, 15) is 4.79 Å². The van der Waals surface area contributed by atoms with E-state index >= 15 is 0 Å². The van der Waals surface area contributed by atoms with Crippen molar-refractivity contribution < 1.29 is 4.79 Å². The summed E-state index contributed by atoms with van der Waals surface area (Å²) in [6.45, 7) is 7.61. The van der Waals surface area contributed by atoms with Crippen LogP contribution >= 0.6 is 0 Å². The third-order valence-electron chi connectivity index (χ3n) is 3.38. The molecule has 0 aliphatic rings. The van der Waals surface area contributed by atoms with Crippen LogP contribution < -0.4 is 5.73 Å². The van der Waals surface area contributed by atoms with Crippen molar-refractivity contribution in [3.63, 3.8) is 0 Å². The lowest BCUT2D eigenvalue weighted by molar-refractivity contribution is -0.127. The van der Waals surface area contributed by atoms with Gasteiger partial charge in [-0.15, -0.1) is 6.58 Å². The summed E-state index contributed by atoms with van der Waals surface area (Å²) >= 11 is 0. The lowest BCUT2D eigenvalue weighted by Gasteiger charge is -2.25. The molecule has 1 rings (SSSR count). The second kappa shape index (κ2) is 5.78. The molecule has 0 spiro atoms. The average Bonchev–Trinajstić information content (AvgIpc) is 2.38. The quantitative estimate of drug-likeness (QED) is 0.765. The molecule has 2 N–H and O–H groups in total. The zero-order valence-electron chi connectivity index (χ0n) is 10.6. The molecule has 0 aromatic heterocycles. The van der Waals surface area contributed by atoms with Gasteiger partial charge in [-0.1, -0.05) is 43.3 Å². The summed E-state index contributed by atoms with van der Waals surface area (Å²) in [7, 11) is 0. The first-order valence-electron chi connectivity index (χ1n) is 6.01. The van der Waals surface area contributed by atoms with Crippen molar-refractivity contribution in [3.8, 4) is 0 Å². The van der Waals surface area contributed by atoms with Gasteiger partial charge < -0.3 is 5.73 Å². The number of hydrogen-bond acceptors (Lipinski definition) is 2. The molecule has 0 amide bonds. The van der Waals surface area contributed by atoms with Crippen molar-refractivity contribution in [3.05, 3.63) is 48.6 Å². The Bertz CT molecular complexity index is 385. The summed E-state index contributed by atoms with van der Waals surface area (Å²) in [5.74, 6) is 0.0684. The van der Waals surface area contributed by atoms with Crippen LogP contribution in [0, 0.1) is 5.41 Å². The minimum absolute atomic E-state index is 0.0684. The summed E-state index contributed by atoms with van der Waals surface area (Å²) in [5, 5.41) is 0. The Hall–Kier alpha value is -1.41. The summed E-state index contributed by atoms with van der Waals surface area (Å²) in [4.78, 5) is 12.2. The van der Waals surface area contributed by atoms with Crippen LogP contribution in [0.4, 0.5) is 0 Å². The van der Waals surface area contributed by atoms with E-state index in [0.29, 0.717) is 6.42 Å². The van der Waals surface area contributed by atoms with E-state index in [0.717, 1.165) is 12.0 Å². The van der Waals surface area contributed by atoms with Crippen molar-refractivity contribution in [2.24, 2.45) is 11.1 Å². The smallest absolute Gasteiger partial charge is 0.159 e. The summed E-state index contributed by atoms with van der Waals surface area (Å²) in [5.41, 5.74) is 6.58. The topological polar surface area (TPSA) is 43.1 Å². The van der Waals surface area contributed by atoms with Gasteiger partial charge in [0.25, 0.3) is 0 Å². The van der Waals surface area contributed by atoms with Crippen LogP contribution in [0.15, 0.2) is 43.0 Å². The Kier molecular flexibility index (Phi) is 4.64. The van der Waals surface area contributed by atoms with Gasteiger partial charge in [0.1, 0.15) is 0 Å². The van der Waals surface area contributed by atoms with Crippen LogP contribution in [-0.4, -0.2) is 11.8 Å². The molecule has 1 aromatic rings. The second-order valence-corrected chi connectivity index (χ2v) is 4.64. The van der Waals surface area contributed by atoms with Gasteiger partial charge >= 0.3 is 0 Å². The highest BCUT2D eigenvalue weighted by molar-refractivity contribution is 5.91. The summed E-state index contributed by atoms with van der Waals surface area (Å²) < 4.78 is 0. The zero-order chi connectivity index (χ0) is 12.9. The van der Waals surface area contributed by atoms with E-state index in [-0.39, 0.29) is 5.78 Å². The number of carbonyl (C=O) groups is 1. The molecule has 1 aromatic carbocycles. The monoisotopic (exact) mass is 231 g/mol. The molecule has 2 heteroatoms. The van der Waals surface area contributed by atoms with Crippen molar-refractivity contribution in [1.82, 2.24) is 0 Å². The van der Waals surface area contributed by atoms with Crippen LogP contribution in [0.1, 0.15) is 25.8 Å². The average molecular weight is 231 g/mol. The van der Waals surface area contributed by atoms with Gasteiger partial charge in [0, 0.05) is 5.41 Å². The number of Topliss-reactive ketones (excluding diaryl/α,β-unsaturated/α-hetero) is 1. The molecule has 17 heavy (non-hydrogen) atoms. The molecule has 0 aliphatic heterocycles. The largest absolute Gasteiger partial charge is 0.321 e. The molecular formula is C15H21NO. The number of carbonyl (C=O) groups excluding carboxylic acids is 1. The van der Waals surface area contributed by atoms with E-state index in [1.54, 1.807) is 6.08 Å². The van der Waals surface area contributed by atoms with E-state index in [4.69, 9.17) is 5.73 Å². The molecule has 0 saturated carbocycles. The lowest BCUT2D eigenvalue weighted by Crippen LogP contribution is -2.42. The van der Waals surface area contributed by atoms with Gasteiger partial charge in [-0.25, -0.2) is 0 Å². The van der Waals surface area contributed by atoms with Gasteiger partial charge in [-0.2, -0.15) is 0 Å². The van der Waals surface area contributed by atoms with Crippen molar-refractivity contribution in [2.75, 3.05) is 0 Å². The standard InChI is InChI=1S/C15H21NO/c1-4-15(3,5-2)14(17)13(16)11-12-9-7-6-8-10-12/h4,6-10,13H,1,5,11,16H2,2-3H3/t13-,15?/m1/s1. The maximum absolute atomic E-state index is 12.2. The highest BCUT2D eigenvalue weighted by Gasteiger charge is 2.31. The normalized spacial score (nSPS) is 15.9. The fraction of sp³-hybridized carbons (Fsp3) is 0.400. The maximum atomic E-state index is 12.2. The molecule has 0 aliphatic carbocycles. The van der Waals surface area contributed by atoms with Crippen LogP contribution in [-0.2, 0) is 11.2 Å². The molecule has 0 bridgehead atoms. The van der Waals surface area contributed by atoms with Crippen LogP contribution in [0.25, 0.3) is 0 Å². The lowest BCUT2D eigenvalue weighted by atomic mass is 9.79. The molecular weight excluding hydrogens is 210 g/mol. The predicted octanol–water partition coefficient (Wildman–Crippen LogP) is 2.73. The first-order valence-corrected chi connectivity index (χ1v) is 6.01. The molecule has 1 unspecified atom stereocenters. The maximum Gasteiger partial charge on any atom is 0.159 e. The summed E-state index contributed by atoms with van der Waals surface area (Å²) in [6.07, 6.45) is 3.03. The first kappa shape index (κ1) is 13.7. The van der Waals surface area contributed by atoms with Crippen LogP contribution in [0.5, 0.6) is 0 Å². The number of nitrogens with two attached hydrogens (primary N) is 1. The van der Waals surface area contributed by atoms with Gasteiger partial charge in [-0.05, 0) is 25.3 Å². The second-order valence-electron chi connectivity index (χ2n) is 4.64. The Labute approximate surface area is 104 Å². The van der Waals surface area contributed by atoms with E-state index in [1.807, 2.05) is 44.2 Å². The molecule has 0 heterocycles. The number of hydrogen-bond donors (Lipinski definition) is 1. The fourth-order valence-electron chi connectivity index (χ4n) is 1.80. The van der Waals surface area contributed by atoms with Gasteiger partial charge in [0.2, 0.25) is 0 Å². The van der Waals surface area contributed by atoms with Crippen LogP contribution in [0.3, 0.4) is 0 Å². The van der Waals surface area contributed by atoms with Gasteiger partial charge in [-0.3, -0.25) is 4.79 Å². The number of ketones is 1. The first-order chi connectivity index (χ1) is 8.03. The van der Waals surface area contributed by atoms with E-state index in [1.165, 1.54) is 0 Å². The molecule has 92 valence electrons. The third kappa shape index (κ3) is 3.27. The molecule has 2 atom stereocenters. The Balaban J connectivity index is 2.74. The van der Waals surface area contributed by atoms with Gasteiger partial charge in [0.05, 0.1) is 6.04 Å². The Morgan fingerprint density at radius 1 is 1.47 bits per heavy atom. The minimum Gasteiger partial charge on any atom is -0.321 e. The fourth-order valence-corrected chi connectivity index (χ4v) is 1.80. The summed E-state index contributed by atoms with van der Waals surface area (Å²) in [6, 6.07) is 9.39. The van der Waals surface area contributed by atoms with E-state index in [2.05, 4.69) is 6.58 Å². The Morgan fingerprint density at radius 2 is 2.06 bits per heavy atom. The molecule has 0 fully saturated rings. The molecule has 2 nitrogen and oxygen atoms in total. The predicted molar refractivity (Wildman–Crippen MR) is 71.7 cm³/mol. The SMILES string of the molecule is C=CC(C)(CC)C(=O)[C@H](N)Cc1ccccc1. The number of rotatable bonds is 6. The highest BCUT2D eigenvalue weighted by atomic mass is 16.1. The third-order valence-corrected chi connectivity index (χ3v) is 3.38. The minimum atomic E-state index is -0.506. The zero-order valence-corrected chi connectivity index (χ0v) is 10.6. The van der Waals surface area contributed by atoms with Crippen LogP contribution in [0.2, 0.25) is 0 Å². The van der Waals surface area contributed by atoms with E-state index < -0.39 is 11.5 Å². The van der Waals surface area contributed by atoms with Crippen molar-refractivity contribution in [2.45, 2.75) is 32.7 Å². The highest BCUT2D eigenvalue weighted by Crippen LogP contribution is 2.25. The number of allylic oxidation sites excluding steroid dienone is 1. The van der Waals surface area contributed by atoms with Crippen molar-refractivity contribution in [1.29, 1.82) is 0 Å². The molecule has 0 radical (unpaired) electrons. The van der Waals surface area contributed by atoms with Gasteiger partial charge in [0.15, 0.2) is 5.78 Å². The van der Waals surface area contributed by atoms with Crippen molar-refractivity contribution >= 4 is 5.78 Å². The molecule has 0 saturated heterocycles.